The minimum absolute atomic E-state index is 0.289. The molecule has 1 saturated heterocycles. The lowest BCUT2D eigenvalue weighted by Crippen LogP contribution is -2.31. The first-order valence-electron chi connectivity index (χ1n) is 7.61. The Kier molecular flexibility index (Phi) is 4.49. The minimum Gasteiger partial charge on any atom is -0.377 e. The van der Waals surface area contributed by atoms with Crippen LogP contribution in [0.4, 0.5) is 5.69 Å². The van der Waals surface area contributed by atoms with Crippen molar-refractivity contribution in [2.45, 2.75) is 44.9 Å². The largest absolute Gasteiger partial charge is 0.377 e. The van der Waals surface area contributed by atoms with Gasteiger partial charge in [-0.2, -0.15) is 0 Å². The number of benzene rings is 1. The third-order valence-electron chi connectivity index (χ3n) is 3.99. The molecule has 1 saturated carbocycles. The molecule has 3 nitrogen and oxygen atoms in total. The Morgan fingerprint density at radius 2 is 2.25 bits per heavy atom. The molecule has 20 heavy (non-hydrogen) atoms. The highest BCUT2D eigenvalue weighted by molar-refractivity contribution is 6.30. The second kappa shape index (κ2) is 6.33. The van der Waals surface area contributed by atoms with Gasteiger partial charge in [0.2, 0.25) is 0 Å². The Bertz CT molecular complexity index is 462. The maximum Gasteiger partial charge on any atom is 0.0721 e. The molecule has 1 aromatic carbocycles. The Morgan fingerprint density at radius 3 is 3.05 bits per heavy atom. The van der Waals surface area contributed by atoms with E-state index in [1.54, 1.807) is 0 Å². The summed E-state index contributed by atoms with van der Waals surface area (Å²) in [7, 11) is 0. The van der Waals surface area contributed by atoms with Gasteiger partial charge in [-0.1, -0.05) is 11.6 Å². The van der Waals surface area contributed by atoms with E-state index in [4.69, 9.17) is 16.3 Å². The summed E-state index contributed by atoms with van der Waals surface area (Å²) in [6, 6.07) is 6.97. The van der Waals surface area contributed by atoms with Crippen molar-refractivity contribution >= 4 is 17.3 Å². The van der Waals surface area contributed by atoms with Crippen molar-refractivity contribution in [2.24, 2.45) is 0 Å². The van der Waals surface area contributed by atoms with Crippen LogP contribution in [0.25, 0.3) is 0 Å². The lowest BCUT2D eigenvalue weighted by molar-refractivity contribution is 0.0821. The molecule has 1 aliphatic carbocycles. The molecule has 3 rings (SSSR count). The fourth-order valence-electron chi connectivity index (χ4n) is 2.76. The van der Waals surface area contributed by atoms with Crippen molar-refractivity contribution in [2.75, 3.05) is 24.6 Å². The summed E-state index contributed by atoms with van der Waals surface area (Å²) >= 11 is 6.18. The lowest BCUT2D eigenvalue weighted by Gasteiger charge is -2.27. The van der Waals surface area contributed by atoms with Crippen molar-refractivity contribution in [3.63, 3.8) is 0 Å². The van der Waals surface area contributed by atoms with E-state index in [-0.39, 0.29) is 6.10 Å². The van der Waals surface area contributed by atoms with Crippen LogP contribution in [0.2, 0.25) is 5.02 Å². The fourth-order valence-corrected chi connectivity index (χ4v) is 2.95. The molecule has 2 aliphatic rings. The normalized spacial score (nSPS) is 23.7. The van der Waals surface area contributed by atoms with E-state index in [0.29, 0.717) is 6.04 Å². The first kappa shape index (κ1) is 14.2. The number of nitrogens with one attached hydrogen (secondary N) is 1. The lowest BCUT2D eigenvalue weighted by atomic mass is 10.1. The Hall–Kier alpha value is -0.770. The van der Waals surface area contributed by atoms with Crippen molar-refractivity contribution in [1.29, 1.82) is 0 Å². The summed E-state index contributed by atoms with van der Waals surface area (Å²) in [5.41, 5.74) is 2.61. The van der Waals surface area contributed by atoms with Gasteiger partial charge in [0.15, 0.2) is 0 Å². The highest BCUT2D eigenvalue weighted by Gasteiger charge is 2.22. The van der Waals surface area contributed by atoms with E-state index in [0.717, 1.165) is 37.7 Å². The van der Waals surface area contributed by atoms with Crippen molar-refractivity contribution in [3.05, 3.63) is 28.8 Å². The van der Waals surface area contributed by atoms with Crippen LogP contribution < -0.4 is 10.2 Å². The maximum atomic E-state index is 6.18. The SMILES string of the molecule is CC1CN(c2ccc(Cl)cc2CNC2CC2)CCCO1. The summed E-state index contributed by atoms with van der Waals surface area (Å²) in [4.78, 5) is 2.44. The smallest absolute Gasteiger partial charge is 0.0721 e. The summed E-state index contributed by atoms with van der Waals surface area (Å²) in [6.07, 6.45) is 4.00. The van der Waals surface area contributed by atoms with Crippen molar-refractivity contribution in [3.8, 4) is 0 Å². The van der Waals surface area contributed by atoms with E-state index < -0.39 is 0 Å². The Balaban J connectivity index is 1.78. The first-order chi connectivity index (χ1) is 9.72. The van der Waals surface area contributed by atoms with Crippen LogP contribution >= 0.6 is 11.6 Å². The summed E-state index contributed by atoms with van der Waals surface area (Å²) < 4.78 is 5.74. The number of anilines is 1. The Morgan fingerprint density at radius 1 is 1.40 bits per heavy atom. The van der Waals surface area contributed by atoms with Gasteiger partial charge < -0.3 is 15.0 Å². The molecule has 110 valence electrons. The highest BCUT2D eigenvalue weighted by atomic mass is 35.5. The van der Waals surface area contributed by atoms with Crippen LogP contribution in [0, 0.1) is 0 Å². The molecule has 4 heteroatoms. The number of rotatable bonds is 4. The third kappa shape index (κ3) is 3.66. The van der Waals surface area contributed by atoms with E-state index in [9.17, 15) is 0 Å². The van der Waals surface area contributed by atoms with Gasteiger partial charge in [0.25, 0.3) is 0 Å². The first-order valence-corrected chi connectivity index (χ1v) is 7.98. The predicted molar refractivity (Wildman–Crippen MR) is 83.6 cm³/mol. The van der Waals surface area contributed by atoms with Crippen LogP contribution in [-0.2, 0) is 11.3 Å². The molecular formula is C16H23ClN2O. The topological polar surface area (TPSA) is 24.5 Å². The van der Waals surface area contributed by atoms with E-state index in [2.05, 4.69) is 29.3 Å². The van der Waals surface area contributed by atoms with Gasteiger partial charge >= 0.3 is 0 Å². The number of hydrogen-bond donors (Lipinski definition) is 1. The number of hydrogen-bond acceptors (Lipinski definition) is 3. The average molecular weight is 295 g/mol. The van der Waals surface area contributed by atoms with Crippen LogP contribution in [0.15, 0.2) is 18.2 Å². The molecule has 0 radical (unpaired) electrons. The predicted octanol–water partition coefficient (Wildman–Crippen LogP) is 3.21. The highest BCUT2D eigenvalue weighted by Crippen LogP contribution is 2.27. The van der Waals surface area contributed by atoms with E-state index in [1.807, 2.05) is 6.07 Å². The van der Waals surface area contributed by atoms with Crippen molar-refractivity contribution < 1.29 is 4.74 Å². The molecule has 1 unspecified atom stereocenters. The van der Waals surface area contributed by atoms with Gasteiger partial charge in [-0.15, -0.1) is 0 Å². The van der Waals surface area contributed by atoms with Gasteiger partial charge in [0.1, 0.15) is 0 Å². The zero-order chi connectivity index (χ0) is 13.9. The fraction of sp³-hybridized carbons (Fsp3) is 0.625. The monoisotopic (exact) mass is 294 g/mol. The van der Waals surface area contributed by atoms with E-state index in [1.165, 1.54) is 24.1 Å². The molecule has 0 spiro atoms. The van der Waals surface area contributed by atoms with Gasteiger partial charge in [0, 0.05) is 43.0 Å². The quantitative estimate of drug-likeness (QED) is 0.923. The van der Waals surface area contributed by atoms with Crippen LogP contribution in [-0.4, -0.2) is 31.8 Å². The van der Waals surface area contributed by atoms with Gasteiger partial charge in [-0.25, -0.2) is 0 Å². The minimum atomic E-state index is 0.289. The molecule has 0 aromatic heterocycles. The standard InChI is InChI=1S/C16H23ClN2O/c1-12-11-19(7-2-8-20-12)16-6-3-14(17)9-13(16)10-18-15-4-5-15/h3,6,9,12,15,18H,2,4-5,7-8,10-11H2,1H3. The molecular weight excluding hydrogens is 272 g/mol. The molecule has 1 heterocycles. The number of nitrogens with zero attached hydrogens (tertiary/aromatic N) is 1. The molecule has 0 bridgehead atoms. The summed E-state index contributed by atoms with van der Waals surface area (Å²) in [5, 5.41) is 4.41. The third-order valence-corrected chi connectivity index (χ3v) is 4.23. The van der Waals surface area contributed by atoms with Crippen molar-refractivity contribution in [1.82, 2.24) is 5.32 Å². The summed E-state index contributed by atoms with van der Waals surface area (Å²) in [5.74, 6) is 0. The van der Waals surface area contributed by atoms with Gasteiger partial charge in [-0.3, -0.25) is 0 Å². The number of ether oxygens (including phenoxy) is 1. The second-order valence-electron chi connectivity index (χ2n) is 5.91. The molecule has 1 aromatic rings. The second-order valence-corrected chi connectivity index (χ2v) is 6.35. The van der Waals surface area contributed by atoms with Gasteiger partial charge in [0.05, 0.1) is 6.10 Å². The number of halogens is 1. The molecule has 1 aliphatic heterocycles. The van der Waals surface area contributed by atoms with Crippen LogP contribution in [0.3, 0.4) is 0 Å². The van der Waals surface area contributed by atoms with Crippen LogP contribution in [0.5, 0.6) is 0 Å². The Labute approximate surface area is 126 Å². The van der Waals surface area contributed by atoms with E-state index >= 15 is 0 Å². The molecule has 1 N–H and O–H groups in total. The summed E-state index contributed by atoms with van der Waals surface area (Å²) in [6.45, 7) is 5.93. The zero-order valence-corrected chi connectivity index (χ0v) is 12.8. The maximum absolute atomic E-state index is 6.18. The average Bonchev–Trinajstić information content (AvgIpc) is 3.24. The van der Waals surface area contributed by atoms with Crippen LogP contribution in [0.1, 0.15) is 31.7 Å². The molecule has 2 fully saturated rings. The van der Waals surface area contributed by atoms with Gasteiger partial charge in [-0.05, 0) is 49.9 Å². The zero-order valence-electron chi connectivity index (χ0n) is 12.1. The molecule has 1 atom stereocenters. The molecule has 0 amide bonds.